The molecule has 26 heavy (non-hydrogen) atoms. The summed E-state index contributed by atoms with van der Waals surface area (Å²) in [7, 11) is -4.82. The highest BCUT2D eigenvalue weighted by Crippen LogP contribution is 2.38. The fraction of sp³-hybridized carbons (Fsp3) is 0.385. The molecule has 13 heteroatoms. The van der Waals surface area contributed by atoms with E-state index in [9.17, 15) is 24.4 Å². The number of aromatic amines is 1. The number of nitrogens with one attached hydrogen (secondary N) is 1. The number of benzene rings is 1. The molecular weight excluding hydrogens is 395 g/mol. The summed E-state index contributed by atoms with van der Waals surface area (Å²) in [5.74, 6) is 0. The molecular formula is C13H14ClN2O9P. The molecule has 0 bridgehead atoms. The number of aliphatic hydroxyl groups is 2. The van der Waals surface area contributed by atoms with Crippen LogP contribution in [0.15, 0.2) is 27.8 Å². The van der Waals surface area contributed by atoms with Crippen molar-refractivity contribution >= 4 is 30.3 Å². The van der Waals surface area contributed by atoms with E-state index in [1.54, 1.807) is 0 Å². The van der Waals surface area contributed by atoms with Gasteiger partial charge in [-0.1, -0.05) is 17.7 Å². The number of fused-ring (bicyclic) bond motifs is 1. The molecule has 0 amide bonds. The number of aromatic nitrogens is 2. The molecule has 0 saturated carbocycles. The van der Waals surface area contributed by atoms with Gasteiger partial charge in [0.1, 0.15) is 18.3 Å². The van der Waals surface area contributed by atoms with Crippen molar-refractivity contribution in [2.45, 2.75) is 24.5 Å². The van der Waals surface area contributed by atoms with Crippen LogP contribution in [0, 0.1) is 0 Å². The molecule has 1 aromatic carbocycles. The zero-order valence-electron chi connectivity index (χ0n) is 12.9. The Labute approximate surface area is 149 Å². The van der Waals surface area contributed by atoms with Crippen molar-refractivity contribution in [2.75, 3.05) is 6.61 Å². The van der Waals surface area contributed by atoms with Gasteiger partial charge in [-0.05, 0) is 12.1 Å². The molecule has 1 aromatic heterocycles. The first-order valence-corrected chi connectivity index (χ1v) is 9.15. The molecule has 4 atom stereocenters. The van der Waals surface area contributed by atoms with Crippen LogP contribution in [0.1, 0.15) is 6.23 Å². The zero-order chi connectivity index (χ0) is 19.2. The topological polar surface area (TPSA) is 171 Å². The van der Waals surface area contributed by atoms with Crippen molar-refractivity contribution < 1.29 is 33.8 Å². The lowest BCUT2D eigenvalue weighted by molar-refractivity contribution is -0.0520. The number of rotatable bonds is 4. The number of phosphoric ester groups is 1. The molecule has 1 fully saturated rings. The lowest BCUT2D eigenvalue weighted by Gasteiger charge is -2.19. The van der Waals surface area contributed by atoms with Gasteiger partial charge in [-0.2, -0.15) is 0 Å². The van der Waals surface area contributed by atoms with Gasteiger partial charge in [0.15, 0.2) is 6.23 Å². The minimum absolute atomic E-state index is 0.0195. The van der Waals surface area contributed by atoms with Gasteiger partial charge in [0.25, 0.3) is 5.56 Å². The molecule has 5 N–H and O–H groups in total. The van der Waals surface area contributed by atoms with E-state index < -0.39 is 50.2 Å². The van der Waals surface area contributed by atoms with Crippen molar-refractivity contribution in [2.24, 2.45) is 0 Å². The van der Waals surface area contributed by atoms with Crippen molar-refractivity contribution in [1.29, 1.82) is 0 Å². The minimum atomic E-state index is -4.82. The maximum absolute atomic E-state index is 12.3. The number of hydrogen-bond acceptors (Lipinski definition) is 7. The van der Waals surface area contributed by atoms with Gasteiger partial charge < -0.3 is 24.7 Å². The number of hydrogen-bond donors (Lipinski definition) is 5. The predicted octanol–water partition coefficient (Wildman–Crippen LogP) is -0.928. The molecule has 0 aliphatic carbocycles. The predicted molar refractivity (Wildman–Crippen MR) is 87.8 cm³/mol. The summed E-state index contributed by atoms with van der Waals surface area (Å²) in [5.41, 5.74) is -1.60. The summed E-state index contributed by atoms with van der Waals surface area (Å²) >= 11 is 5.99. The SMILES string of the molecule is O=c1[nH]c(=O)n([C@@H]2O[C@H](COP(=O)(O)O)[C@H](O)[C@H]2O)c2cccc(Cl)c12. The molecule has 0 spiro atoms. The summed E-state index contributed by atoms with van der Waals surface area (Å²) in [6.07, 6.45) is -6.00. The van der Waals surface area contributed by atoms with E-state index in [2.05, 4.69) is 4.52 Å². The van der Waals surface area contributed by atoms with Crippen LogP contribution in [0.3, 0.4) is 0 Å². The molecule has 2 aromatic rings. The summed E-state index contributed by atoms with van der Waals surface area (Å²) in [6.45, 7) is -0.726. The Morgan fingerprint density at radius 1 is 1.27 bits per heavy atom. The van der Waals surface area contributed by atoms with E-state index in [0.29, 0.717) is 0 Å². The molecule has 1 saturated heterocycles. The number of halogens is 1. The average Bonchev–Trinajstić information content (AvgIpc) is 2.80. The number of ether oxygens (including phenoxy) is 1. The third-order valence-corrected chi connectivity index (χ3v) is 4.72. The lowest BCUT2D eigenvalue weighted by atomic mass is 10.1. The Morgan fingerprint density at radius 2 is 1.96 bits per heavy atom. The second kappa shape index (κ2) is 6.87. The molecule has 3 rings (SSSR count). The highest BCUT2D eigenvalue weighted by molar-refractivity contribution is 7.46. The van der Waals surface area contributed by atoms with Crippen LogP contribution in [-0.4, -0.2) is 54.5 Å². The number of phosphoric acid groups is 1. The van der Waals surface area contributed by atoms with Gasteiger partial charge in [-0.25, -0.2) is 9.36 Å². The van der Waals surface area contributed by atoms with Crippen molar-refractivity contribution in [3.63, 3.8) is 0 Å². The zero-order valence-corrected chi connectivity index (χ0v) is 14.5. The summed E-state index contributed by atoms with van der Waals surface area (Å²) in [5, 5.41) is 20.3. The molecule has 142 valence electrons. The summed E-state index contributed by atoms with van der Waals surface area (Å²) in [4.78, 5) is 43.8. The molecule has 2 heterocycles. The van der Waals surface area contributed by atoms with Crippen LogP contribution in [0.2, 0.25) is 5.02 Å². The van der Waals surface area contributed by atoms with Gasteiger partial charge in [-0.3, -0.25) is 18.9 Å². The number of nitrogens with zero attached hydrogens (tertiary/aromatic N) is 1. The Bertz CT molecular complexity index is 999. The summed E-state index contributed by atoms with van der Waals surface area (Å²) in [6, 6.07) is 4.32. The van der Waals surface area contributed by atoms with E-state index in [0.717, 1.165) is 4.57 Å². The number of H-pyrrole nitrogens is 1. The second-order valence-electron chi connectivity index (χ2n) is 5.60. The standard InChI is InChI=1S/C13H14ClN2O9P/c14-5-2-1-3-6-8(5)11(19)15-13(20)16(6)12-10(18)9(17)7(25-12)4-24-26(21,22)23/h1-3,7,9-10,12,17-18H,4H2,(H,15,19,20)(H2,21,22,23)/t7-,9+,10-,12-/m1/s1. The smallest absolute Gasteiger partial charge is 0.387 e. The van der Waals surface area contributed by atoms with Crippen molar-refractivity contribution in [1.82, 2.24) is 9.55 Å². The van der Waals surface area contributed by atoms with E-state index in [1.807, 2.05) is 4.98 Å². The van der Waals surface area contributed by atoms with Crippen LogP contribution < -0.4 is 11.2 Å². The van der Waals surface area contributed by atoms with Gasteiger partial charge in [0, 0.05) is 0 Å². The molecule has 0 unspecified atom stereocenters. The normalized spacial score (nSPS) is 26.5. The van der Waals surface area contributed by atoms with Crippen molar-refractivity contribution in [3.8, 4) is 0 Å². The van der Waals surface area contributed by atoms with Crippen LogP contribution in [0.5, 0.6) is 0 Å². The monoisotopic (exact) mass is 408 g/mol. The molecule has 1 aliphatic heterocycles. The highest BCUT2D eigenvalue weighted by Gasteiger charge is 2.45. The van der Waals surface area contributed by atoms with Crippen LogP contribution in [0.25, 0.3) is 10.9 Å². The van der Waals surface area contributed by atoms with Gasteiger partial charge in [0.2, 0.25) is 0 Å². The lowest BCUT2D eigenvalue weighted by Crippen LogP contribution is -2.38. The fourth-order valence-electron chi connectivity index (χ4n) is 2.77. The minimum Gasteiger partial charge on any atom is -0.387 e. The Hall–Kier alpha value is -1.56. The van der Waals surface area contributed by atoms with Crippen LogP contribution in [0.4, 0.5) is 0 Å². The fourth-order valence-corrected chi connectivity index (χ4v) is 3.37. The Morgan fingerprint density at radius 3 is 2.62 bits per heavy atom. The van der Waals surface area contributed by atoms with Crippen molar-refractivity contribution in [3.05, 3.63) is 44.1 Å². The van der Waals surface area contributed by atoms with Crippen LogP contribution >= 0.6 is 19.4 Å². The van der Waals surface area contributed by atoms with Gasteiger partial charge in [-0.15, -0.1) is 0 Å². The first-order chi connectivity index (χ1) is 12.1. The van der Waals surface area contributed by atoms with Gasteiger partial charge in [0.05, 0.1) is 22.5 Å². The quantitative estimate of drug-likeness (QED) is 0.401. The maximum atomic E-state index is 12.3. The summed E-state index contributed by atoms with van der Waals surface area (Å²) < 4.78 is 21.3. The van der Waals surface area contributed by atoms with E-state index in [-0.39, 0.29) is 15.9 Å². The largest absolute Gasteiger partial charge is 0.469 e. The van der Waals surface area contributed by atoms with Gasteiger partial charge >= 0.3 is 13.5 Å². The highest BCUT2D eigenvalue weighted by atomic mass is 35.5. The van der Waals surface area contributed by atoms with E-state index in [4.69, 9.17) is 26.1 Å². The average molecular weight is 409 g/mol. The third-order valence-electron chi connectivity index (χ3n) is 3.92. The third kappa shape index (κ3) is 3.48. The first-order valence-electron chi connectivity index (χ1n) is 7.25. The molecule has 11 nitrogen and oxygen atoms in total. The van der Waals surface area contributed by atoms with E-state index >= 15 is 0 Å². The number of aliphatic hydroxyl groups excluding tert-OH is 2. The maximum Gasteiger partial charge on any atom is 0.469 e. The Kier molecular flexibility index (Phi) is 5.08. The first kappa shape index (κ1) is 19.2. The molecule has 1 aliphatic rings. The second-order valence-corrected chi connectivity index (χ2v) is 7.24. The van der Waals surface area contributed by atoms with Crippen LogP contribution in [-0.2, 0) is 13.8 Å². The van der Waals surface area contributed by atoms with E-state index in [1.165, 1.54) is 18.2 Å². The molecule has 0 radical (unpaired) electrons. The Balaban J connectivity index is 2.04.